The molecular formula is C16H23NO6. The molecule has 0 aliphatic rings. The Morgan fingerprint density at radius 3 is 2.26 bits per heavy atom. The number of carbonyl (C=O) groups is 2. The third-order valence-corrected chi connectivity index (χ3v) is 2.68. The van der Waals surface area contributed by atoms with Gasteiger partial charge in [-0.05, 0) is 38.5 Å². The van der Waals surface area contributed by atoms with Gasteiger partial charge >= 0.3 is 12.1 Å². The lowest BCUT2D eigenvalue weighted by molar-refractivity contribution is -0.139. The van der Waals surface area contributed by atoms with Gasteiger partial charge in [-0.15, -0.1) is 0 Å². The zero-order valence-corrected chi connectivity index (χ0v) is 13.8. The second-order valence-corrected chi connectivity index (χ2v) is 5.83. The normalized spacial score (nSPS) is 12.3. The van der Waals surface area contributed by atoms with Gasteiger partial charge in [0.15, 0.2) is 6.04 Å². The zero-order chi connectivity index (χ0) is 17.5. The number of hydrogen-bond donors (Lipinski definition) is 2. The number of amides is 1. The number of methoxy groups -OCH3 is 1. The third-order valence-electron chi connectivity index (χ3n) is 2.68. The van der Waals surface area contributed by atoms with Crippen molar-refractivity contribution in [2.45, 2.75) is 32.4 Å². The molecule has 1 aromatic rings. The molecule has 1 unspecified atom stereocenters. The Labute approximate surface area is 135 Å². The predicted octanol–water partition coefficient (Wildman–Crippen LogP) is 2.36. The monoisotopic (exact) mass is 325 g/mol. The molecule has 23 heavy (non-hydrogen) atoms. The first-order chi connectivity index (χ1) is 10.7. The average Bonchev–Trinajstić information content (AvgIpc) is 2.44. The van der Waals surface area contributed by atoms with E-state index >= 15 is 0 Å². The third kappa shape index (κ3) is 7.01. The molecule has 1 aromatic carbocycles. The number of rotatable bonds is 7. The molecule has 7 nitrogen and oxygen atoms in total. The fraction of sp³-hybridized carbons (Fsp3) is 0.500. The molecule has 0 aromatic heterocycles. The Morgan fingerprint density at radius 1 is 1.17 bits per heavy atom. The van der Waals surface area contributed by atoms with Crippen molar-refractivity contribution in [3.05, 3.63) is 29.8 Å². The van der Waals surface area contributed by atoms with E-state index in [0.717, 1.165) is 0 Å². The van der Waals surface area contributed by atoms with E-state index in [-0.39, 0.29) is 0 Å². The largest absolute Gasteiger partial charge is 0.491 e. The van der Waals surface area contributed by atoms with Crippen LogP contribution in [-0.2, 0) is 14.3 Å². The number of benzene rings is 1. The van der Waals surface area contributed by atoms with Crippen molar-refractivity contribution in [1.82, 2.24) is 5.32 Å². The SMILES string of the molecule is COCCOc1ccc(C(NC(=O)OC(C)(C)C)C(=O)O)cc1. The fourth-order valence-electron chi connectivity index (χ4n) is 1.71. The lowest BCUT2D eigenvalue weighted by Gasteiger charge is -2.22. The zero-order valence-electron chi connectivity index (χ0n) is 13.8. The van der Waals surface area contributed by atoms with Crippen molar-refractivity contribution in [3.8, 4) is 5.75 Å². The number of ether oxygens (including phenoxy) is 3. The number of aliphatic carboxylic acids is 1. The standard InChI is InChI=1S/C16H23NO6/c1-16(2,3)23-15(20)17-13(14(18)19)11-5-7-12(8-6-11)22-10-9-21-4/h5-8,13H,9-10H2,1-4H3,(H,17,20)(H,18,19). The van der Waals surface area contributed by atoms with E-state index in [2.05, 4.69) is 5.32 Å². The highest BCUT2D eigenvalue weighted by atomic mass is 16.6. The van der Waals surface area contributed by atoms with Crippen LogP contribution in [0.15, 0.2) is 24.3 Å². The number of carboxylic acid groups (broad SMARTS) is 1. The first-order valence-corrected chi connectivity index (χ1v) is 7.17. The number of nitrogens with one attached hydrogen (secondary N) is 1. The van der Waals surface area contributed by atoms with Crippen LogP contribution in [0.4, 0.5) is 4.79 Å². The summed E-state index contributed by atoms with van der Waals surface area (Å²) in [5.41, 5.74) is -0.283. The van der Waals surface area contributed by atoms with Crippen molar-refractivity contribution in [2.75, 3.05) is 20.3 Å². The fourth-order valence-corrected chi connectivity index (χ4v) is 1.71. The van der Waals surface area contributed by atoms with E-state index in [9.17, 15) is 14.7 Å². The molecular weight excluding hydrogens is 302 g/mol. The van der Waals surface area contributed by atoms with Gasteiger partial charge in [-0.2, -0.15) is 0 Å². The molecule has 0 spiro atoms. The molecule has 1 rings (SSSR count). The van der Waals surface area contributed by atoms with Gasteiger partial charge in [0.2, 0.25) is 0 Å². The van der Waals surface area contributed by atoms with Crippen LogP contribution < -0.4 is 10.1 Å². The van der Waals surface area contributed by atoms with Crippen molar-refractivity contribution < 1.29 is 28.9 Å². The molecule has 1 atom stereocenters. The van der Waals surface area contributed by atoms with E-state index in [4.69, 9.17) is 14.2 Å². The highest BCUT2D eigenvalue weighted by Crippen LogP contribution is 2.19. The molecule has 0 radical (unpaired) electrons. The Hall–Kier alpha value is -2.28. The molecule has 0 bridgehead atoms. The van der Waals surface area contributed by atoms with E-state index < -0.39 is 23.7 Å². The highest BCUT2D eigenvalue weighted by molar-refractivity contribution is 5.81. The van der Waals surface area contributed by atoms with Gasteiger partial charge in [-0.25, -0.2) is 9.59 Å². The molecule has 0 heterocycles. The maximum Gasteiger partial charge on any atom is 0.408 e. The molecule has 0 aliphatic carbocycles. The van der Waals surface area contributed by atoms with E-state index in [1.165, 1.54) is 0 Å². The number of alkyl carbamates (subject to hydrolysis) is 1. The van der Waals surface area contributed by atoms with Gasteiger partial charge in [-0.3, -0.25) is 0 Å². The first kappa shape index (κ1) is 18.8. The summed E-state index contributed by atoms with van der Waals surface area (Å²) in [5, 5.41) is 11.6. The predicted molar refractivity (Wildman–Crippen MR) is 83.6 cm³/mol. The number of carboxylic acids is 1. The topological polar surface area (TPSA) is 94.1 Å². The summed E-state index contributed by atoms with van der Waals surface area (Å²) in [7, 11) is 1.58. The minimum absolute atomic E-state index is 0.397. The second kappa shape index (κ2) is 8.38. The Bertz CT molecular complexity index is 520. The van der Waals surface area contributed by atoms with E-state index in [1.807, 2.05) is 0 Å². The Kier molecular flexibility index (Phi) is 6.84. The molecule has 0 saturated heterocycles. The average molecular weight is 325 g/mol. The van der Waals surface area contributed by atoms with Gasteiger partial charge in [0.1, 0.15) is 18.0 Å². The summed E-state index contributed by atoms with van der Waals surface area (Å²) in [5.74, 6) is -0.587. The summed E-state index contributed by atoms with van der Waals surface area (Å²) in [6.07, 6.45) is -0.787. The lowest BCUT2D eigenvalue weighted by atomic mass is 10.1. The molecule has 128 valence electrons. The quantitative estimate of drug-likeness (QED) is 0.747. The van der Waals surface area contributed by atoms with E-state index in [1.54, 1.807) is 52.1 Å². The molecule has 7 heteroatoms. The first-order valence-electron chi connectivity index (χ1n) is 7.17. The van der Waals surface area contributed by atoms with Crippen LogP contribution in [0, 0.1) is 0 Å². The van der Waals surface area contributed by atoms with Gasteiger partial charge in [0.05, 0.1) is 6.61 Å². The van der Waals surface area contributed by atoms with Crippen LogP contribution in [0.5, 0.6) is 5.75 Å². The van der Waals surface area contributed by atoms with Crippen LogP contribution in [0.25, 0.3) is 0 Å². The maximum absolute atomic E-state index is 11.8. The van der Waals surface area contributed by atoms with Crippen molar-refractivity contribution in [3.63, 3.8) is 0 Å². The van der Waals surface area contributed by atoms with Gasteiger partial charge in [-0.1, -0.05) is 12.1 Å². The van der Waals surface area contributed by atoms with E-state index in [0.29, 0.717) is 24.5 Å². The smallest absolute Gasteiger partial charge is 0.408 e. The summed E-state index contributed by atoms with van der Waals surface area (Å²) in [6, 6.07) is 5.24. The molecule has 0 fully saturated rings. The second-order valence-electron chi connectivity index (χ2n) is 5.83. The summed E-state index contributed by atoms with van der Waals surface area (Å²) < 4.78 is 15.4. The summed E-state index contributed by atoms with van der Waals surface area (Å²) in [4.78, 5) is 23.1. The minimum atomic E-state index is -1.20. The number of carbonyl (C=O) groups excluding carboxylic acids is 1. The van der Waals surface area contributed by atoms with Crippen molar-refractivity contribution in [1.29, 1.82) is 0 Å². The van der Waals surface area contributed by atoms with Gasteiger partial charge in [0.25, 0.3) is 0 Å². The summed E-state index contributed by atoms with van der Waals surface area (Å²) in [6.45, 7) is 5.96. The van der Waals surface area contributed by atoms with Crippen LogP contribution >= 0.6 is 0 Å². The molecule has 1 amide bonds. The Morgan fingerprint density at radius 2 is 1.78 bits per heavy atom. The molecule has 0 saturated carbocycles. The van der Waals surface area contributed by atoms with Gasteiger partial charge in [0, 0.05) is 7.11 Å². The van der Waals surface area contributed by atoms with Crippen molar-refractivity contribution >= 4 is 12.1 Å². The molecule has 0 aliphatic heterocycles. The van der Waals surface area contributed by atoms with Crippen LogP contribution in [0.1, 0.15) is 32.4 Å². The number of hydrogen-bond acceptors (Lipinski definition) is 5. The van der Waals surface area contributed by atoms with Crippen LogP contribution in [0.3, 0.4) is 0 Å². The Balaban J connectivity index is 2.74. The lowest BCUT2D eigenvalue weighted by Crippen LogP contribution is -2.38. The van der Waals surface area contributed by atoms with Crippen molar-refractivity contribution in [2.24, 2.45) is 0 Å². The highest BCUT2D eigenvalue weighted by Gasteiger charge is 2.25. The minimum Gasteiger partial charge on any atom is -0.491 e. The summed E-state index contributed by atoms with van der Waals surface area (Å²) >= 11 is 0. The maximum atomic E-state index is 11.8. The van der Waals surface area contributed by atoms with Crippen LogP contribution in [0.2, 0.25) is 0 Å². The molecule has 2 N–H and O–H groups in total. The van der Waals surface area contributed by atoms with Crippen LogP contribution in [-0.4, -0.2) is 43.1 Å². The van der Waals surface area contributed by atoms with Gasteiger partial charge < -0.3 is 24.6 Å².